The van der Waals surface area contributed by atoms with Crippen molar-refractivity contribution in [3.63, 3.8) is 0 Å². The van der Waals surface area contributed by atoms with Gasteiger partial charge >= 0.3 is 0 Å². The largest absolute Gasteiger partial charge is 0.374 e. The molecule has 0 aliphatic carbocycles. The third-order valence-corrected chi connectivity index (χ3v) is 3.05. The maximum absolute atomic E-state index is 13.7. The van der Waals surface area contributed by atoms with Gasteiger partial charge in [-0.1, -0.05) is 27.5 Å². The first-order chi connectivity index (χ1) is 9.58. The van der Waals surface area contributed by atoms with Gasteiger partial charge in [-0.2, -0.15) is 0 Å². The number of hydrogen-bond donors (Lipinski definition) is 1. The van der Waals surface area contributed by atoms with Gasteiger partial charge in [-0.3, -0.25) is 0 Å². The van der Waals surface area contributed by atoms with Crippen LogP contribution in [0.4, 0.5) is 15.9 Å². The summed E-state index contributed by atoms with van der Waals surface area (Å²) < 4.78 is 19.7. The van der Waals surface area contributed by atoms with Crippen LogP contribution in [0.2, 0.25) is 5.15 Å². The van der Waals surface area contributed by atoms with Gasteiger partial charge in [0.05, 0.1) is 5.69 Å². The number of anilines is 2. The Morgan fingerprint density at radius 2 is 2.15 bits per heavy atom. The minimum Gasteiger partial charge on any atom is -0.374 e. The molecule has 1 aromatic heterocycles. The second-order valence-corrected chi connectivity index (χ2v) is 5.18. The van der Waals surface area contributed by atoms with Crippen LogP contribution in [0.25, 0.3) is 0 Å². The van der Waals surface area contributed by atoms with E-state index < -0.39 is 0 Å². The van der Waals surface area contributed by atoms with Crippen molar-refractivity contribution in [1.29, 1.82) is 0 Å². The van der Waals surface area contributed by atoms with E-state index in [1.54, 1.807) is 12.1 Å². The Kier molecular flexibility index (Phi) is 5.28. The first-order valence-corrected chi connectivity index (χ1v) is 7.09. The quantitative estimate of drug-likeness (QED) is 0.807. The molecule has 20 heavy (non-hydrogen) atoms. The molecule has 0 spiro atoms. The molecule has 0 fully saturated rings. The molecule has 0 saturated heterocycles. The monoisotopic (exact) mass is 359 g/mol. The van der Waals surface area contributed by atoms with Gasteiger partial charge in [0.2, 0.25) is 0 Å². The van der Waals surface area contributed by atoms with E-state index in [0.717, 1.165) is 4.47 Å². The van der Waals surface area contributed by atoms with Crippen LogP contribution in [0, 0.1) is 5.82 Å². The van der Waals surface area contributed by atoms with Crippen LogP contribution < -0.4 is 5.32 Å². The molecule has 0 bridgehead atoms. The van der Waals surface area contributed by atoms with E-state index in [0.29, 0.717) is 23.9 Å². The van der Waals surface area contributed by atoms with Crippen LogP contribution in [-0.2, 0) is 11.3 Å². The van der Waals surface area contributed by atoms with E-state index >= 15 is 0 Å². The number of rotatable bonds is 5. The highest BCUT2D eigenvalue weighted by Gasteiger charge is 2.07. The minimum absolute atomic E-state index is 0.257. The highest BCUT2D eigenvalue weighted by molar-refractivity contribution is 9.10. The third-order valence-electron chi connectivity index (χ3n) is 2.37. The maximum atomic E-state index is 13.7. The average Bonchev–Trinajstić information content (AvgIpc) is 2.40. The SMILES string of the molecule is CCOCc1nc(Cl)cc(Nc2cc(Br)ccc2F)n1. The minimum atomic E-state index is -0.380. The predicted molar refractivity (Wildman–Crippen MR) is 79.8 cm³/mol. The zero-order valence-corrected chi connectivity index (χ0v) is 13.0. The summed E-state index contributed by atoms with van der Waals surface area (Å²) in [6.07, 6.45) is 0. The maximum Gasteiger partial charge on any atom is 0.158 e. The molecular formula is C13H12BrClFN3O. The third kappa shape index (κ3) is 4.13. The van der Waals surface area contributed by atoms with Crippen molar-refractivity contribution in [1.82, 2.24) is 9.97 Å². The summed E-state index contributed by atoms with van der Waals surface area (Å²) in [5.41, 5.74) is 0.302. The molecule has 0 saturated carbocycles. The molecule has 106 valence electrons. The second-order valence-electron chi connectivity index (χ2n) is 3.88. The van der Waals surface area contributed by atoms with Gasteiger partial charge in [0.1, 0.15) is 23.4 Å². The van der Waals surface area contributed by atoms with Crippen molar-refractivity contribution < 1.29 is 9.13 Å². The molecule has 0 aliphatic rings. The fraction of sp³-hybridized carbons (Fsp3) is 0.231. The van der Waals surface area contributed by atoms with Gasteiger partial charge in [0.15, 0.2) is 5.82 Å². The first kappa shape index (κ1) is 15.2. The lowest BCUT2D eigenvalue weighted by Crippen LogP contribution is -2.03. The van der Waals surface area contributed by atoms with Gasteiger partial charge in [0, 0.05) is 17.1 Å². The average molecular weight is 361 g/mol. The van der Waals surface area contributed by atoms with Crippen molar-refractivity contribution >= 4 is 39.0 Å². The Morgan fingerprint density at radius 3 is 2.90 bits per heavy atom. The zero-order chi connectivity index (χ0) is 14.5. The Hall–Kier alpha value is -1.24. The molecule has 0 atom stereocenters. The van der Waals surface area contributed by atoms with Gasteiger partial charge in [-0.05, 0) is 25.1 Å². The van der Waals surface area contributed by atoms with Gasteiger partial charge < -0.3 is 10.1 Å². The number of hydrogen-bond acceptors (Lipinski definition) is 4. The number of ether oxygens (including phenoxy) is 1. The van der Waals surface area contributed by atoms with E-state index in [2.05, 4.69) is 31.2 Å². The molecule has 4 nitrogen and oxygen atoms in total. The molecule has 0 aliphatic heterocycles. The van der Waals surface area contributed by atoms with Crippen LogP contribution in [0.5, 0.6) is 0 Å². The molecule has 0 amide bonds. The highest BCUT2D eigenvalue weighted by atomic mass is 79.9. The van der Waals surface area contributed by atoms with Crippen LogP contribution in [0.3, 0.4) is 0 Å². The Morgan fingerprint density at radius 1 is 1.35 bits per heavy atom. The fourth-order valence-corrected chi connectivity index (χ4v) is 2.08. The summed E-state index contributed by atoms with van der Waals surface area (Å²) in [6, 6.07) is 6.12. The number of halogens is 3. The molecule has 2 aromatic rings. The molecule has 0 unspecified atom stereocenters. The lowest BCUT2D eigenvalue weighted by molar-refractivity contribution is 0.128. The normalized spacial score (nSPS) is 10.6. The van der Waals surface area contributed by atoms with Crippen LogP contribution in [-0.4, -0.2) is 16.6 Å². The summed E-state index contributed by atoms with van der Waals surface area (Å²) in [6.45, 7) is 2.69. The molecule has 1 heterocycles. The van der Waals surface area contributed by atoms with E-state index in [9.17, 15) is 4.39 Å². The second kappa shape index (κ2) is 6.97. The standard InChI is InChI=1S/C13H12BrClFN3O/c1-2-20-7-13-18-11(15)6-12(19-13)17-10-5-8(14)3-4-9(10)16/h3-6H,2,7H2,1H3,(H,17,18,19). The molecular weight excluding hydrogens is 349 g/mol. The van der Waals surface area contributed by atoms with Gasteiger partial charge in [0.25, 0.3) is 0 Å². The summed E-state index contributed by atoms with van der Waals surface area (Å²) in [4.78, 5) is 8.26. The Bertz CT molecular complexity index is 612. The summed E-state index contributed by atoms with van der Waals surface area (Å²) in [5.74, 6) is 0.475. The molecule has 1 aromatic carbocycles. The Labute approximate surface area is 129 Å². The zero-order valence-electron chi connectivity index (χ0n) is 10.7. The van der Waals surface area contributed by atoms with Crippen LogP contribution in [0.1, 0.15) is 12.7 Å². The van der Waals surface area contributed by atoms with Crippen LogP contribution >= 0.6 is 27.5 Å². The van der Waals surface area contributed by atoms with Crippen molar-refractivity contribution in [3.05, 3.63) is 45.5 Å². The van der Waals surface area contributed by atoms with E-state index in [-0.39, 0.29) is 17.6 Å². The number of nitrogens with one attached hydrogen (secondary N) is 1. The Balaban J connectivity index is 2.24. The molecule has 2 rings (SSSR count). The van der Waals surface area contributed by atoms with Crippen molar-refractivity contribution in [2.75, 3.05) is 11.9 Å². The van der Waals surface area contributed by atoms with Crippen molar-refractivity contribution in [3.8, 4) is 0 Å². The lowest BCUT2D eigenvalue weighted by Gasteiger charge is -2.09. The summed E-state index contributed by atoms with van der Waals surface area (Å²) in [7, 11) is 0. The lowest BCUT2D eigenvalue weighted by atomic mass is 10.3. The number of nitrogens with zero attached hydrogens (tertiary/aromatic N) is 2. The molecule has 0 radical (unpaired) electrons. The van der Waals surface area contributed by atoms with Crippen LogP contribution in [0.15, 0.2) is 28.7 Å². The van der Waals surface area contributed by atoms with E-state index in [1.165, 1.54) is 12.1 Å². The number of benzene rings is 1. The van der Waals surface area contributed by atoms with Crippen molar-refractivity contribution in [2.45, 2.75) is 13.5 Å². The smallest absolute Gasteiger partial charge is 0.158 e. The molecule has 1 N–H and O–H groups in total. The first-order valence-electron chi connectivity index (χ1n) is 5.91. The summed E-state index contributed by atoms with van der Waals surface area (Å²) in [5, 5.41) is 3.15. The summed E-state index contributed by atoms with van der Waals surface area (Å²) >= 11 is 9.20. The topological polar surface area (TPSA) is 47.0 Å². The van der Waals surface area contributed by atoms with Gasteiger partial charge in [-0.15, -0.1) is 0 Å². The van der Waals surface area contributed by atoms with Crippen molar-refractivity contribution in [2.24, 2.45) is 0 Å². The molecule has 7 heteroatoms. The predicted octanol–water partition coefficient (Wildman–Crippen LogP) is 4.31. The van der Waals surface area contributed by atoms with Gasteiger partial charge in [-0.25, -0.2) is 14.4 Å². The fourth-order valence-electron chi connectivity index (χ4n) is 1.52. The van der Waals surface area contributed by atoms with E-state index in [4.69, 9.17) is 16.3 Å². The van der Waals surface area contributed by atoms with E-state index in [1.807, 2.05) is 6.92 Å². The highest BCUT2D eigenvalue weighted by Crippen LogP contribution is 2.24. The number of aromatic nitrogens is 2.